The Balaban J connectivity index is 2.57. The van der Waals surface area contributed by atoms with E-state index in [1.807, 2.05) is 0 Å². The molecule has 2 aromatic heterocycles. The zero-order valence-corrected chi connectivity index (χ0v) is 9.21. The first-order valence-electron chi connectivity index (χ1n) is 4.86. The standard InChI is InChI=1S/C10H8F2N4O2/c1-16-3-2-13-9(16)8-14-4-5(10(17)18)6(15-8)7(11)12/h2-4,7H,1H3,(H,17,18). The van der Waals surface area contributed by atoms with Crippen LogP contribution in [-0.2, 0) is 7.05 Å². The van der Waals surface area contributed by atoms with Crippen LogP contribution in [0.3, 0.4) is 0 Å². The van der Waals surface area contributed by atoms with Crippen molar-refractivity contribution < 1.29 is 18.7 Å². The fourth-order valence-electron chi connectivity index (χ4n) is 1.41. The van der Waals surface area contributed by atoms with E-state index in [1.54, 1.807) is 17.8 Å². The number of alkyl halides is 2. The van der Waals surface area contributed by atoms with Gasteiger partial charge in [-0.25, -0.2) is 28.5 Å². The Kier molecular flexibility index (Phi) is 3.00. The van der Waals surface area contributed by atoms with Gasteiger partial charge in [0.25, 0.3) is 6.43 Å². The quantitative estimate of drug-likeness (QED) is 0.897. The maximum absolute atomic E-state index is 12.7. The molecule has 0 aliphatic heterocycles. The Hall–Kier alpha value is -2.38. The molecule has 2 aromatic rings. The molecule has 0 amide bonds. The van der Waals surface area contributed by atoms with Gasteiger partial charge in [-0.05, 0) is 0 Å². The first-order valence-corrected chi connectivity index (χ1v) is 4.86. The molecule has 0 aromatic carbocycles. The molecule has 6 nitrogen and oxygen atoms in total. The van der Waals surface area contributed by atoms with Gasteiger partial charge in [0, 0.05) is 25.6 Å². The lowest BCUT2D eigenvalue weighted by Gasteiger charge is -2.06. The first kappa shape index (κ1) is 12.1. The van der Waals surface area contributed by atoms with E-state index in [-0.39, 0.29) is 11.6 Å². The van der Waals surface area contributed by atoms with Crippen LogP contribution >= 0.6 is 0 Å². The third-order valence-electron chi connectivity index (χ3n) is 2.28. The molecule has 0 saturated heterocycles. The minimum atomic E-state index is -2.99. The molecular weight excluding hydrogens is 246 g/mol. The van der Waals surface area contributed by atoms with Gasteiger partial charge in [-0.1, -0.05) is 0 Å². The summed E-state index contributed by atoms with van der Waals surface area (Å²) in [7, 11) is 1.65. The summed E-state index contributed by atoms with van der Waals surface area (Å²) in [5, 5.41) is 8.76. The van der Waals surface area contributed by atoms with Crippen molar-refractivity contribution in [2.24, 2.45) is 7.05 Å². The zero-order chi connectivity index (χ0) is 13.3. The Morgan fingerprint density at radius 2 is 2.17 bits per heavy atom. The van der Waals surface area contributed by atoms with Crippen LogP contribution in [-0.4, -0.2) is 30.6 Å². The predicted octanol–water partition coefficient (Wildman–Crippen LogP) is 1.51. The van der Waals surface area contributed by atoms with Crippen molar-refractivity contribution in [2.45, 2.75) is 6.43 Å². The van der Waals surface area contributed by atoms with E-state index < -0.39 is 23.7 Å². The molecule has 2 heterocycles. The SMILES string of the molecule is Cn1ccnc1-c1ncc(C(=O)O)c(C(F)F)n1. The number of imidazole rings is 1. The van der Waals surface area contributed by atoms with Crippen LogP contribution in [0.5, 0.6) is 0 Å². The molecule has 0 aliphatic carbocycles. The van der Waals surface area contributed by atoms with Crippen LogP contribution in [0, 0.1) is 0 Å². The van der Waals surface area contributed by atoms with Gasteiger partial charge in [0.1, 0.15) is 11.3 Å². The number of rotatable bonds is 3. The molecule has 94 valence electrons. The summed E-state index contributed by atoms with van der Waals surface area (Å²) in [4.78, 5) is 22.0. The molecule has 8 heteroatoms. The third-order valence-corrected chi connectivity index (χ3v) is 2.28. The van der Waals surface area contributed by atoms with Crippen molar-refractivity contribution in [1.82, 2.24) is 19.5 Å². The average molecular weight is 254 g/mol. The maximum atomic E-state index is 12.7. The number of halogens is 2. The van der Waals surface area contributed by atoms with Crippen LogP contribution in [0.15, 0.2) is 18.6 Å². The second kappa shape index (κ2) is 4.47. The van der Waals surface area contributed by atoms with Crippen molar-refractivity contribution in [3.63, 3.8) is 0 Å². The highest BCUT2D eigenvalue weighted by molar-refractivity contribution is 5.88. The number of aromatic carboxylic acids is 1. The van der Waals surface area contributed by atoms with Crippen molar-refractivity contribution in [2.75, 3.05) is 0 Å². The highest BCUT2D eigenvalue weighted by atomic mass is 19.3. The lowest BCUT2D eigenvalue weighted by Crippen LogP contribution is -2.09. The Labute approximate surface area is 99.9 Å². The van der Waals surface area contributed by atoms with Crippen LogP contribution in [0.4, 0.5) is 8.78 Å². The Morgan fingerprint density at radius 1 is 1.44 bits per heavy atom. The molecule has 0 spiro atoms. The van der Waals surface area contributed by atoms with Gasteiger partial charge in [-0.2, -0.15) is 0 Å². The van der Waals surface area contributed by atoms with Gasteiger partial charge in [0.05, 0.1) is 0 Å². The highest BCUT2D eigenvalue weighted by Crippen LogP contribution is 2.23. The molecule has 2 rings (SSSR count). The second-order valence-corrected chi connectivity index (χ2v) is 3.46. The molecule has 0 unspecified atom stereocenters. The summed E-state index contributed by atoms with van der Waals surface area (Å²) >= 11 is 0. The third kappa shape index (κ3) is 2.04. The lowest BCUT2D eigenvalue weighted by molar-refractivity contribution is 0.0681. The summed E-state index contributed by atoms with van der Waals surface area (Å²) in [5.74, 6) is -1.24. The molecule has 0 aliphatic rings. The molecule has 0 radical (unpaired) electrons. The molecule has 18 heavy (non-hydrogen) atoms. The number of carbonyl (C=O) groups is 1. The number of nitrogens with zero attached hydrogens (tertiary/aromatic N) is 4. The first-order chi connectivity index (χ1) is 8.50. The minimum absolute atomic E-state index is 0.0391. The number of hydrogen-bond donors (Lipinski definition) is 1. The van der Waals surface area contributed by atoms with E-state index >= 15 is 0 Å². The maximum Gasteiger partial charge on any atom is 0.339 e. The summed E-state index contributed by atoms with van der Waals surface area (Å²) < 4.78 is 27.0. The van der Waals surface area contributed by atoms with Crippen LogP contribution in [0.2, 0.25) is 0 Å². The Morgan fingerprint density at radius 3 is 2.67 bits per heavy atom. The fraction of sp³-hybridized carbons (Fsp3) is 0.200. The van der Waals surface area contributed by atoms with E-state index in [2.05, 4.69) is 15.0 Å². The van der Waals surface area contributed by atoms with Gasteiger partial charge >= 0.3 is 5.97 Å². The Bertz CT molecular complexity index is 597. The second-order valence-electron chi connectivity index (χ2n) is 3.46. The largest absolute Gasteiger partial charge is 0.478 e. The molecule has 0 bridgehead atoms. The molecule has 0 fully saturated rings. The number of hydrogen-bond acceptors (Lipinski definition) is 4. The number of aromatic nitrogens is 4. The van der Waals surface area contributed by atoms with Gasteiger partial charge in [-0.3, -0.25) is 0 Å². The summed E-state index contributed by atoms with van der Waals surface area (Å²) in [6.07, 6.45) is 0.941. The summed E-state index contributed by atoms with van der Waals surface area (Å²) in [6.45, 7) is 0. The van der Waals surface area contributed by atoms with Crippen LogP contribution < -0.4 is 0 Å². The highest BCUT2D eigenvalue weighted by Gasteiger charge is 2.22. The van der Waals surface area contributed by atoms with Gasteiger partial charge in [0.2, 0.25) is 0 Å². The van der Waals surface area contributed by atoms with E-state index in [4.69, 9.17) is 5.11 Å². The van der Waals surface area contributed by atoms with Crippen LogP contribution in [0.25, 0.3) is 11.6 Å². The number of aryl methyl sites for hydroxylation is 1. The summed E-state index contributed by atoms with van der Waals surface area (Å²) in [5.41, 5.74) is -1.42. The van der Waals surface area contributed by atoms with E-state index in [9.17, 15) is 13.6 Å². The van der Waals surface area contributed by atoms with Gasteiger partial charge in [-0.15, -0.1) is 0 Å². The predicted molar refractivity (Wildman–Crippen MR) is 56.2 cm³/mol. The van der Waals surface area contributed by atoms with Crippen molar-refractivity contribution in [3.05, 3.63) is 29.8 Å². The molecule has 1 N–H and O–H groups in total. The van der Waals surface area contributed by atoms with Gasteiger partial charge in [0.15, 0.2) is 11.6 Å². The molecular formula is C10H8F2N4O2. The number of carboxylic acids is 1. The molecule has 0 saturated carbocycles. The normalized spacial score (nSPS) is 10.9. The van der Waals surface area contributed by atoms with Crippen LogP contribution in [0.1, 0.15) is 22.5 Å². The van der Waals surface area contributed by atoms with Crippen molar-refractivity contribution in [3.8, 4) is 11.6 Å². The van der Waals surface area contributed by atoms with E-state index in [0.717, 1.165) is 6.20 Å². The van der Waals surface area contributed by atoms with Crippen molar-refractivity contribution in [1.29, 1.82) is 0 Å². The minimum Gasteiger partial charge on any atom is -0.478 e. The lowest BCUT2D eigenvalue weighted by atomic mass is 10.2. The fourth-order valence-corrected chi connectivity index (χ4v) is 1.41. The average Bonchev–Trinajstić information content (AvgIpc) is 2.74. The zero-order valence-electron chi connectivity index (χ0n) is 9.21. The van der Waals surface area contributed by atoms with Gasteiger partial charge < -0.3 is 9.67 Å². The molecule has 0 atom stereocenters. The monoisotopic (exact) mass is 254 g/mol. The number of carboxylic acid groups (broad SMARTS) is 1. The van der Waals surface area contributed by atoms with E-state index in [1.165, 1.54) is 6.20 Å². The van der Waals surface area contributed by atoms with E-state index in [0.29, 0.717) is 0 Å². The van der Waals surface area contributed by atoms with Crippen molar-refractivity contribution >= 4 is 5.97 Å². The topological polar surface area (TPSA) is 80.9 Å². The smallest absolute Gasteiger partial charge is 0.339 e. The summed E-state index contributed by atoms with van der Waals surface area (Å²) in [6, 6.07) is 0.